The number of benzene rings is 1. The van der Waals surface area contributed by atoms with Crippen LogP contribution in [0, 0.1) is 5.92 Å². The summed E-state index contributed by atoms with van der Waals surface area (Å²) in [7, 11) is 0. The summed E-state index contributed by atoms with van der Waals surface area (Å²) in [4.78, 5) is 12.9. The Morgan fingerprint density at radius 2 is 2.10 bits per heavy atom. The Morgan fingerprint density at radius 1 is 1.40 bits per heavy atom. The number of carbonyl (C=O) groups is 1. The molecule has 1 aliphatic rings. The van der Waals surface area contributed by atoms with Crippen LogP contribution in [0.5, 0.6) is 0 Å². The van der Waals surface area contributed by atoms with Crippen molar-refractivity contribution < 1.29 is 15.0 Å². The molecule has 2 rings (SSSR count). The quantitative estimate of drug-likeness (QED) is 0.877. The maximum atomic E-state index is 10.7. The molecule has 0 aromatic heterocycles. The number of hydrogen-bond donors (Lipinski definition) is 2. The minimum atomic E-state index is -0.720. The predicted molar refractivity (Wildman–Crippen MR) is 77.8 cm³/mol. The molecule has 0 radical (unpaired) electrons. The number of rotatable bonds is 5. The second-order valence-electron chi connectivity index (χ2n) is 5.41. The van der Waals surface area contributed by atoms with E-state index in [0.717, 1.165) is 31.5 Å². The van der Waals surface area contributed by atoms with Crippen molar-refractivity contribution in [2.45, 2.75) is 25.4 Å². The molecule has 0 bridgehead atoms. The maximum absolute atomic E-state index is 10.7. The molecule has 1 heterocycles. The zero-order chi connectivity index (χ0) is 14.5. The fourth-order valence-electron chi connectivity index (χ4n) is 2.68. The normalized spacial score (nSPS) is 18.9. The minimum absolute atomic E-state index is 0.255. The number of aliphatic hydroxyl groups is 1. The van der Waals surface area contributed by atoms with Gasteiger partial charge in [0, 0.05) is 18.0 Å². The first-order chi connectivity index (χ1) is 9.54. The van der Waals surface area contributed by atoms with E-state index in [1.165, 1.54) is 0 Å². The monoisotopic (exact) mass is 297 g/mol. The molecule has 1 aromatic carbocycles. The van der Waals surface area contributed by atoms with Crippen LogP contribution in [0.1, 0.15) is 30.9 Å². The maximum Gasteiger partial charge on any atom is 0.303 e. The first kappa shape index (κ1) is 15.3. The van der Waals surface area contributed by atoms with Gasteiger partial charge in [0.05, 0.1) is 6.10 Å². The van der Waals surface area contributed by atoms with Crippen LogP contribution < -0.4 is 0 Å². The number of aliphatic hydroxyl groups excluding tert-OH is 1. The van der Waals surface area contributed by atoms with Gasteiger partial charge in [-0.2, -0.15) is 0 Å². The van der Waals surface area contributed by atoms with Crippen molar-refractivity contribution in [1.29, 1.82) is 0 Å². The molecule has 0 spiro atoms. The summed E-state index contributed by atoms with van der Waals surface area (Å²) in [6.07, 6.45) is 1.47. The summed E-state index contributed by atoms with van der Waals surface area (Å²) in [5, 5.41) is 19.6. The molecule has 1 fully saturated rings. The highest BCUT2D eigenvalue weighted by molar-refractivity contribution is 6.30. The van der Waals surface area contributed by atoms with E-state index in [4.69, 9.17) is 16.7 Å². The van der Waals surface area contributed by atoms with Gasteiger partial charge in [-0.05, 0) is 49.5 Å². The standard InChI is InChI=1S/C15H20ClNO3/c16-13-3-1-2-12(9-13)14(18)10-17-6-4-11(5-7-17)8-15(19)20/h1-3,9,11,14,18H,4-8,10H2,(H,19,20). The molecule has 0 saturated carbocycles. The van der Waals surface area contributed by atoms with Gasteiger partial charge in [0.2, 0.25) is 0 Å². The summed E-state index contributed by atoms with van der Waals surface area (Å²) in [5.74, 6) is -0.450. The lowest BCUT2D eigenvalue weighted by Gasteiger charge is -2.32. The van der Waals surface area contributed by atoms with E-state index in [1.807, 2.05) is 12.1 Å². The van der Waals surface area contributed by atoms with Crippen LogP contribution in [0.15, 0.2) is 24.3 Å². The Kier molecular flexibility index (Phi) is 5.40. The van der Waals surface area contributed by atoms with Crippen molar-refractivity contribution >= 4 is 17.6 Å². The average Bonchev–Trinajstić information content (AvgIpc) is 2.40. The third kappa shape index (κ3) is 4.47. The van der Waals surface area contributed by atoms with Gasteiger partial charge >= 0.3 is 5.97 Å². The van der Waals surface area contributed by atoms with E-state index in [9.17, 15) is 9.90 Å². The van der Waals surface area contributed by atoms with Crippen molar-refractivity contribution in [1.82, 2.24) is 4.90 Å². The Bertz CT molecular complexity index is 458. The van der Waals surface area contributed by atoms with E-state index in [-0.39, 0.29) is 12.3 Å². The smallest absolute Gasteiger partial charge is 0.303 e. The topological polar surface area (TPSA) is 60.8 Å². The average molecular weight is 298 g/mol. The van der Waals surface area contributed by atoms with E-state index >= 15 is 0 Å². The summed E-state index contributed by atoms with van der Waals surface area (Å²) in [6.45, 7) is 2.26. The van der Waals surface area contributed by atoms with Crippen molar-refractivity contribution in [3.63, 3.8) is 0 Å². The Labute approximate surface area is 124 Å². The molecule has 0 amide bonds. The molecule has 0 aliphatic carbocycles. The number of β-amino-alcohol motifs (C(OH)–C–C–N with tert-alkyl or cyclic N) is 1. The second kappa shape index (κ2) is 7.07. The molecule has 4 nitrogen and oxygen atoms in total. The molecule has 5 heteroatoms. The van der Waals surface area contributed by atoms with Gasteiger partial charge in [0.1, 0.15) is 0 Å². The highest BCUT2D eigenvalue weighted by atomic mass is 35.5. The van der Waals surface area contributed by atoms with Crippen LogP contribution in [-0.2, 0) is 4.79 Å². The number of likely N-dealkylation sites (tertiary alicyclic amines) is 1. The summed E-state index contributed by atoms with van der Waals surface area (Å²) in [6, 6.07) is 7.27. The van der Waals surface area contributed by atoms with Crippen LogP contribution >= 0.6 is 11.6 Å². The molecule has 110 valence electrons. The number of aliphatic carboxylic acids is 1. The number of halogens is 1. The number of carboxylic acid groups (broad SMARTS) is 1. The summed E-state index contributed by atoms with van der Waals surface area (Å²) in [5.41, 5.74) is 0.824. The van der Waals surface area contributed by atoms with Gasteiger partial charge in [0.25, 0.3) is 0 Å². The molecular weight excluding hydrogens is 278 g/mol. The molecule has 1 aromatic rings. The summed E-state index contributed by atoms with van der Waals surface area (Å²) < 4.78 is 0. The van der Waals surface area contributed by atoms with Gasteiger partial charge in [-0.3, -0.25) is 4.79 Å². The fourth-order valence-corrected chi connectivity index (χ4v) is 2.88. The van der Waals surface area contributed by atoms with Crippen molar-refractivity contribution in [2.75, 3.05) is 19.6 Å². The number of hydrogen-bond acceptors (Lipinski definition) is 3. The molecule has 1 aliphatic heterocycles. The van der Waals surface area contributed by atoms with Gasteiger partial charge < -0.3 is 15.1 Å². The van der Waals surface area contributed by atoms with Crippen LogP contribution in [0.2, 0.25) is 5.02 Å². The van der Waals surface area contributed by atoms with E-state index in [0.29, 0.717) is 11.6 Å². The van der Waals surface area contributed by atoms with Crippen molar-refractivity contribution in [2.24, 2.45) is 5.92 Å². The zero-order valence-electron chi connectivity index (χ0n) is 11.3. The Hall–Kier alpha value is -1.10. The van der Waals surface area contributed by atoms with Gasteiger partial charge in [0.15, 0.2) is 0 Å². The molecule has 1 atom stereocenters. The highest BCUT2D eigenvalue weighted by Gasteiger charge is 2.23. The van der Waals surface area contributed by atoms with E-state index in [1.54, 1.807) is 12.1 Å². The SMILES string of the molecule is O=C(O)CC1CCN(CC(O)c2cccc(Cl)c2)CC1. The van der Waals surface area contributed by atoms with Crippen molar-refractivity contribution in [3.8, 4) is 0 Å². The highest BCUT2D eigenvalue weighted by Crippen LogP contribution is 2.23. The fraction of sp³-hybridized carbons (Fsp3) is 0.533. The van der Waals surface area contributed by atoms with Crippen LogP contribution in [-0.4, -0.2) is 40.7 Å². The lowest BCUT2D eigenvalue weighted by molar-refractivity contribution is -0.138. The van der Waals surface area contributed by atoms with Crippen LogP contribution in [0.25, 0.3) is 0 Å². The second-order valence-corrected chi connectivity index (χ2v) is 5.85. The molecule has 1 unspecified atom stereocenters. The number of nitrogens with zero attached hydrogens (tertiary/aromatic N) is 1. The Balaban J connectivity index is 1.82. The largest absolute Gasteiger partial charge is 0.481 e. The molecule has 2 N–H and O–H groups in total. The van der Waals surface area contributed by atoms with Gasteiger partial charge in [-0.25, -0.2) is 0 Å². The zero-order valence-corrected chi connectivity index (χ0v) is 12.1. The van der Waals surface area contributed by atoms with Crippen molar-refractivity contribution in [3.05, 3.63) is 34.9 Å². The lowest BCUT2D eigenvalue weighted by Crippen LogP contribution is -2.37. The molecular formula is C15H20ClNO3. The molecule has 20 heavy (non-hydrogen) atoms. The van der Waals surface area contributed by atoms with E-state index < -0.39 is 12.1 Å². The molecule has 1 saturated heterocycles. The first-order valence-corrected chi connectivity index (χ1v) is 7.30. The van der Waals surface area contributed by atoms with Crippen LogP contribution in [0.3, 0.4) is 0 Å². The van der Waals surface area contributed by atoms with E-state index in [2.05, 4.69) is 4.90 Å². The lowest BCUT2D eigenvalue weighted by atomic mass is 9.93. The van der Waals surface area contributed by atoms with Crippen LogP contribution in [0.4, 0.5) is 0 Å². The van der Waals surface area contributed by atoms with Gasteiger partial charge in [-0.1, -0.05) is 23.7 Å². The third-order valence-corrected chi connectivity index (χ3v) is 4.07. The Morgan fingerprint density at radius 3 is 2.70 bits per heavy atom. The van der Waals surface area contributed by atoms with Gasteiger partial charge in [-0.15, -0.1) is 0 Å². The predicted octanol–water partition coefficient (Wildman–Crippen LogP) is 2.56. The number of piperidine rings is 1. The first-order valence-electron chi connectivity index (χ1n) is 6.92. The summed E-state index contributed by atoms with van der Waals surface area (Å²) >= 11 is 5.92. The number of carboxylic acids is 1. The minimum Gasteiger partial charge on any atom is -0.481 e. The third-order valence-electron chi connectivity index (χ3n) is 3.84.